The SMILES string of the molecule is Cc1cc(C(C)(C)c2ccc(OC[C@@H](C)CCl)cc2)ccc1OC[C@H](O)CO. The summed E-state index contributed by atoms with van der Waals surface area (Å²) in [6.07, 6.45) is -0.872. The number of aryl methyl sites for hydroxylation is 1. The van der Waals surface area contributed by atoms with Gasteiger partial charge in [-0.25, -0.2) is 0 Å². The maximum atomic E-state index is 9.46. The van der Waals surface area contributed by atoms with Crippen molar-refractivity contribution in [2.24, 2.45) is 5.92 Å². The molecule has 0 saturated heterocycles. The second kappa shape index (κ2) is 10.1. The van der Waals surface area contributed by atoms with Crippen molar-refractivity contribution in [1.82, 2.24) is 0 Å². The Morgan fingerprint density at radius 3 is 2.21 bits per heavy atom. The standard InChI is InChI=1S/C23H31ClO4/c1-16(12-24)14-27-21-8-5-18(6-9-21)23(3,4)19-7-10-22(17(2)11-19)28-15-20(26)13-25/h5-11,16,20,25-26H,12-15H2,1-4H3/t16-,20+/m0/s1. The molecular formula is C23H31ClO4. The van der Waals surface area contributed by atoms with Gasteiger partial charge < -0.3 is 19.7 Å². The third-order valence-electron chi connectivity index (χ3n) is 4.91. The van der Waals surface area contributed by atoms with E-state index < -0.39 is 6.10 Å². The van der Waals surface area contributed by atoms with Gasteiger partial charge in [-0.15, -0.1) is 11.6 Å². The second-order valence-corrected chi connectivity index (χ2v) is 8.16. The molecule has 4 nitrogen and oxygen atoms in total. The van der Waals surface area contributed by atoms with Crippen LogP contribution in [0, 0.1) is 12.8 Å². The Labute approximate surface area is 173 Å². The van der Waals surface area contributed by atoms with Crippen molar-refractivity contribution in [2.45, 2.75) is 39.2 Å². The molecule has 0 saturated carbocycles. The van der Waals surface area contributed by atoms with E-state index in [2.05, 4.69) is 39.0 Å². The number of hydrogen-bond donors (Lipinski definition) is 2. The molecule has 0 unspecified atom stereocenters. The van der Waals surface area contributed by atoms with Gasteiger partial charge in [-0.05, 0) is 41.8 Å². The van der Waals surface area contributed by atoms with Crippen molar-refractivity contribution < 1.29 is 19.7 Å². The Bertz CT molecular complexity index is 743. The summed E-state index contributed by atoms with van der Waals surface area (Å²) >= 11 is 5.83. The van der Waals surface area contributed by atoms with E-state index in [1.807, 2.05) is 31.2 Å². The van der Waals surface area contributed by atoms with E-state index in [1.54, 1.807) is 0 Å². The molecule has 5 heteroatoms. The fourth-order valence-corrected chi connectivity index (χ4v) is 2.95. The number of alkyl halides is 1. The minimum absolute atomic E-state index is 0.0733. The summed E-state index contributed by atoms with van der Waals surface area (Å²) in [6, 6.07) is 14.3. The zero-order chi connectivity index (χ0) is 20.7. The van der Waals surface area contributed by atoms with Gasteiger partial charge >= 0.3 is 0 Å². The Balaban J connectivity index is 2.11. The molecular weight excluding hydrogens is 376 g/mol. The number of aliphatic hydroxyl groups is 2. The van der Waals surface area contributed by atoms with E-state index in [4.69, 9.17) is 26.2 Å². The highest BCUT2D eigenvalue weighted by Crippen LogP contribution is 2.34. The van der Waals surface area contributed by atoms with Crippen LogP contribution in [-0.2, 0) is 5.41 Å². The average Bonchev–Trinajstić information content (AvgIpc) is 2.70. The van der Waals surface area contributed by atoms with E-state index >= 15 is 0 Å². The Kier molecular flexibility index (Phi) is 8.17. The first kappa shape index (κ1) is 22.5. The topological polar surface area (TPSA) is 58.9 Å². The summed E-state index contributed by atoms with van der Waals surface area (Å²) in [7, 11) is 0. The second-order valence-electron chi connectivity index (χ2n) is 7.85. The van der Waals surface area contributed by atoms with E-state index in [0.29, 0.717) is 24.2 Å². The lowest BCUT2D eigenvalue weighted by Gasteiger charge is -2.27. The predicted octanol–water partition coefficient (Wildman–Crippen LogP) is 4.31. The van der Waals surface area contributed by atoms with Crippen LogP contribution in [0.3, 0.4) is 0 Å². The van der Waals surface area contributed by atoms with Gasteiger partial charge in [-0.3, -0.25) is 0 Å². The molecule has 2 rings (SSSR count). The molecule has 0 radical (unpaired) electrons. The summed E-state index contributed by atoms with van der Waals surface area (Å²) in [6.45, 7) is 8.78. The molecule has 154 valence electrons. The monoisotopic (exact) mass is 406 g/mol. The van der Waals surface area contributed by atoms with Crippen molar-refractivity contribution in [3.05, 3.63) is 59.2 Å². The highest BCUT2D eigenvalue weighted by atomic mass is 35.5. The molecule has 0 aromatic heterocycles. The highest BCUT2D eigenvalue weighted by molar-refractivity contribution is 6.18. The van der Waals surface area contributed by atoms with Crippen LogP contribution in [0.15, 0.2) is 42.5 Å². The Hall–Kier alpha value is -1.75. The van der Waals surface area contributed by atoms with Crippen molar-refractivity contribution in [1.29, 1.82) is 0 Å². The predicted molar refractivity (Wildman–Crippen MR) is 114 cm³/mol. The molecule has 2 aromatic rings. The maximum Gasteiger partial charge on any atom is 0.122 e. The van der Waals surface area contributed by atoms with E-state index in [9.17, 15) is 5.11 Å². The van der Waals surface area contributed by atoms with Crippen LogP contribution >= 0.6 is 11.6 Å². The number of rotatable bonds is 10. The first-order chi connectivity index (χ1) is 13.3. The molecule has 0 heterocycles. The first-order valence-corrected chi connectivity index (χ1v) is 10.1. The van der Waals surface area contributed by atoms with Crippen LogP contribution in [0.4, 0.5) is 0 Å². The van der Waals surface area contributed by atoms with Gasteiger partial charge in [0.2, 0.25) is 0 Å². The smallest absolute Gasteiger partial charge is 0.122 e. The van der Waals surface area contributed by atoms with Crippen LogP contribution in [0.2, 0.25) is 0 Å². The molecule has 0 amide bonds. The number of benzene rings is 2. The highest BCUT2D eigenvalue weighted by Gasteiger charge is 2.24. The van der Waals surface area contributed by atoms with Gasteiger partial charge in [-0.2, -0.15) is 0 Å². The Morgan fingerprint density at radius 1 is 1.00 bits per heavy atom. The third kappa shape index (κ3) is 5.87. The maximum absolute atomic E-state index is 9.46. The minimum Gasteiger partial charge on any atom is -0.493 e. The molecule has 28 heavy (non-hydrogen) atoms. The lowest BCUT2D eigenvalue weighted by Crippen LogP contribution is -2.22. The van der Waals surface area contributed by atoms with Gasteiger partial charge in [0.1, 0.15) is 24.2 Å². The zero-order valence-corrected chi connectivity index (χ0v) is 17.9. The quantitative estimate of drug-likeness (QED) is 0.577. The van der Waals surface area contributed by atoms with Gasteiger partial charge in [0.05, 0.1) is 13.2 Å². The zero-order valence-electron chi connectivity index (χ0n) is 17.1. The lowest BCUT2D eigenvalue weighted by atomic mass is 9.77. The van der Waals surface area contributed by atoms with Crippen LogP contribution in [-0.4, -0.2) is 42.0 Å². The van der Waals surface area contributed by atoms with Gasteiger partial charge in [-0.1, -0.05) is 45.0 Å². The van der Waals surface area contributed by atoms with Crippen molar-refractivity contribution in [3.8, 4) is 11.5 Å². The van der Waals surface area contributed by atoms with Crippen molar-refractivity contribution in [3.63, 3.8) is 0 Å². The Morgan fingerprint density at radius 2 is 1.64 bits per heavy atom. The van der Waals surface area contributed by atoms with Crippen LogP contribution in [0.5, 0.6) is 11.5 Å². The average molecular weight is 407 g/mol. The van der Waals surface area contributed by atoms with E-state index in [0.717, 1.165) is 11.3 Å². The number of halogens is 1. The molecule has 0 aliphatic carbocycles. The summed E-state index contributed by atoms with van der Waals surface area (Å²) in [5, 5.41) is 18.4. The van der Waals surface area contributed by atoms with Crippen LogP contribution in [0.1, 0.15) is 37.5 Å². The third-order valence-corrected chi connectivity index (χ3v) is 5.44. The normalized spacial score (nSPS) is 13.8. The van der Waals surface area contributed by atoms with Gasteiger partial charge in [0.25, 0.3) is 0 Å². The fraction of sp³-hybridized carbons (Fsp3) is 0.478. The summed E-state index contributed by atoms with van der Waals surface area (Å²) < 4.78 is 11.4. The molecule has 2 atom stereocenters. The number of aliphatic hydroxyl groups excluding tert-OH is 2. The molecule has 0 fully saturated rings. The van der Waals surface area contributed by atoms with Gasteiger partial charge in [0.15, 0.2) is 0 Å². The minimum atomic E-state index is -0.872. The van der Waals surface area contributed by atoms with E-state index in [-0.39, 0.29) is 18.6 Å². The number of hydrogen-bond acceptors (Lipinski definition) is 4. The number of ether oxygens (including phenoxy) is 2. The molecule has 0 aliphatic rings. The molecule has 2 N–H and O–H groups in total. The first-order valence-electron chi connectivity index (χ1n) is 9.60. The fourth-order valence-electron chi connectivity index (χ4n) is 2.86. The van der Waals surface area contributed by atoms with Crippen molar-refractivity contribution >= 4 is 11.6 Å². The van der Waals surface area contributed by atoms with E-state index in [1.165, 1.54) is 11.1 Å². The summed E-state index contributed by atoms with van der Waals surface area (Å²) in [4.78, 5) is 0. The summed E-state index contributed by atoms with van der Waals surface area (Å²) in [5.74, 6) is 2.46. The largest absolute Gasteiger partial charge is 0.493 e. The molecule has 0 bridgehead atoms. The lowest BCUT2D eigenvalue weighted by molar-refractivity contribution is 0.0534. The van der Waals surface area contributed by atoms with Gasteiger partial charge in [0, 0.05) is 17.2 Å². The molecule has 0 aliphatic heterocycles. The summed E-state index contributed by atoms with van der Waals surface area (Å²) in [5.41, 5.74) is 3.17. The molecule has 2 aromatic carbocycles. The van der Waals surface area contributed by atoms with Crippen LogP contribution < -0.4 is 9.47 Å². The van der Waals surface area contributed by atoms with Crippen molar-refractivity contribution in [2.75, 3.05) is 25.7 Å². The van der Waals surface area contributed by atoms with Crippen LogP contribution in [0.25, 0.3) is 0 Å². The molecule has 0 spiro atoms.